The van der Waals surface area contributed by atoms with Crippen LogP contribution in [0.4, 0.5) is 8.78 Å². The summed E-state index contributed by atoms with van der Waals surface area (Å²) in [6.45, 7) is 6.00. The number of hydrogen-bond donors (Lipinski definition) is 1. The van der Waals surface area contributed by atoms with Crippen LogP contribution in [0.5, 0.6) is 0 Å². The van der Waals surface area contributed by atoms with Crippen molar-refractivity contribution in [1.29, 1.82) is 0 Å². The largest absolute Gasteiger partial charge is 0.316 e. The third-order valence-electron chi connectivity index (χ3n) is 3.11. The van der Waals surface area contributed by atoms with E-state index in [0.717, 1.165) is 32.4 Å². The molecule has 18 heavy (non-hydrogen) atoms. The zero-order valence-electron chi connectivity index (χ0n) is 11.3. The smallest absolute Gasteiger partial charge is 0.129 e. The second kappa shape index (κ2) is 8.20. The highest BCUT2D eigenvalue weighted by Gasteiger charge is 2.15. The predicted molar refractivity (Wildman–Crippen MR) is 71.6 cm³/mol. The lowest BCUT2D eigenvalue weighted by atomic mass is 9.94. The summed E-state index contributed by atoms with van der Waals surface area (Å²) < 4.78 is 27.2. The van der Waals surface area contributed by atoms with Crippen molar-refractivity contribution in [1.82, 2.24) is 5.32 Å². The van der Waals surface area contributed by atoms with Gasteiger partial charge in [0.25, 0.3) is 0 Å². The summed E-state index contributed by atoms with van der Waals surface area (Å²) in [4.78, 5) is 0. The molecule has 0 bridgehead atoms. The van der Waals surface area contributed by atoms with E-state index in [1.807, 2.05) is 0 Å². The van der Waals surface area contributed by atoms with Gasteiger partial charge in [0.05, 0.1) is 0 Å². The Bertz CT molecular complexity index is 332. The summed E-state index contributed by atoms with van der Waals surface area (Å²) in [5, 5.41) is 3.33. The molecule has 1 unspecified atom stereocenters. The summed E-state index contributed by atoms with van der Waals surface area (Å²) in [6, 6.07) is 4.08. The van der Waals surface area contributed by atoms with Crippen molar-refractivity contribution < 1.29 is 8.78 Å². The molecule has 1 atom stereocenters. The molecular weight excluding hydrogens is 232 g/mol. The first kappa shape index (κ1) is 15.1. The van der Waals surface area contributed by atoms with Gasteiger partial charge in [-0.2, -0.15) is 0 Å². The van der Waals surface area contributed by atoms with E-state index in [0.29, 0.717) is 12.3 Å². The monoisotopic (exact) mass is 255 g/mol. The molecule has 1 rings (SSSR count). The summed E-state index contributed by atoms with van der Waals surface area (Å²) in [7, 11) is 0. The molecule has 0 radical (unpaired) electrons. The van der Waals surface area contributed by atoms with Crippen molar-refractivity contribution in [3.05, 3.63) is 35.4 Å². The van der Waals surface area contributed by atoms with Gasteiger partial charge in [-0.3, -0.25) is 0 Å². The fourth-order valence-corrected chi connectivity index (χ4v) is 2.18. The van der Waals surface area contributed by atoms with Crippen LogP contribution in [-0.2, 0) is 6.42 Å². The molecule has 0 aliphatic carbocycles. The summed E-state index contributed by atoms with van der Waals surface area (Å²) >= 11 is 0. The van der Waals surface area contributed by atoms with E-state index < -0.39 is 11.6 Å². The molecule has 0 fully saturated rings. The van der Waals surface area contributed by atoms with Gasteiger partial charge in [0, 0.05) is 5.56 Å². The van der Waals surface area contributed by atoms with Crippen LogP contribution in [0, 0.1) is 17.6 Å². The first-order valence-corrected chi connectivity index (χ1v) is 6.82. The fraction of sp³-hybridized carbons (Fsp3) is 0.600. The lowest BCUT2D eigenvalue weighted by Gasteiger charge is -2.17. The predicted octanol–water partition coefficient (Wildman–Crippen LogP) is 3.92. The van der Waals surface area contributed by atoms with Crippen LogP contribution in [0.3, 0.4) is 0 Å². The minimum atomic E-state index is -0.424. The van der Waals surface area contributed by atoms with Crippen LogP contribution >= 0.6 is 0 Å². The van der Waals surface area contributed by atoms with Crippen molar-refractivity contribution in [3.8, 4) is 0 Å². The van der Waals surface area contributed by atoms with Crippen molar-refractivity contribution >= 4 is 0 Å². The molecule has 0 aliphatic rings. The Hall–Kier alpha value is -0.960. The normalized spacial score (nSPS) is 12.7. The number of nitrogens with one attached hydrogen (secondary N) is 1. The first-order chi connectivity index (χ1) is 8.69. The molecule has 0 saturated heterocycles. The molecular formula is C15H23F2N. The Balaban J connectivity index is 2.64. The maximum absolute atomic E-state index is 13.6. The van der Waals surface area contributed by atoms with Crippen LogP contribution in [0.25, 0.3) is 0 Å². The topological polar surface area (TPSA) is 12.0 Å². The lowest BCUT2D eigenvalue weighted by molar-refractivity contribution is 0.421. The average molecular weight is 255 g/mol. The van der Waals surface area contributed by atoms with E-state index in [1.54, 1.807) is 0 Å². The summed E-state index contributed by atoms with van der Waals surface area (Å²) in [5.41, 5.74) is 0.231. The van der Waals surface area contributed by atoms with Gasteiger partial charge < -0.3 is 5.32 Å². The van der Waals surface area contributed by atoms with Gasteiger partial charge in [-0.05, 0) is 50.4 Å². The summed E-state index contributed by atoms with van der Waals surface area (Å²) in [6.07, 6.45) is 3.58. The zero-order chi connectivity index (χ0) is 13.4. The quantitative estimate of drug-likeness (QED) is 0.694. The van der Waals surface area contributed by atoms with Gasteiger partial charge in [0.2, 0.25) is 0 Å². The van der Waals surface area contributed by atoms with Gasteiger partial charge in [0.1, 0.15) is 11.6 Å². The van der Waals surface area contributed by atoms with E-state index >= 15 is 0 Å². The Labute approximate surface area is 109 Å². The molecule has 1 aromatic carbocycles. The lowest BCUT2D eigenvalue weighted by Crippen LogP contribution is -2.25. The fourth-order valence-electron chi connectivity index (χ4n) is 2.18. The molecule has 102 valence electrons. The zero-order valence-corrected chi connectivity index (χ0v) is 11.3. The van der Waals surface area contributed by atoms with Gasteiger partial charge in [-0.25, -0.2) is 8.78 Å². The highest BCUT2D eigenvalue weighted by atomic mass is 19.1. The van der Waals surface area contributed by atoms with Crippen LogP contribution in [0.15, 0.2) is 18.2 Å². The van der Waals surface area contributed by atoms with Crippen molar-refractivity contribution in [2.45, 2.75) is 39.5 Å². The van der Waals surface area contributed by atoms with E-state index in [-0.39, 0.29) is 5.56 Å². The van der Waals surface area contributed by atoms with E-state index in [9.17, 15) is 8.78 Å². The van der Waals surface area contributed by atoms with Gasteiger partial charge in [-0.1, -0.05) is 26.3 Å². The maximum atomic E-state index is 13.6. The maximum Gasteiger partial charge on any atom is 0.129 e. The second-order valence-corrected chi connectivity index (χ2v) is 4.76. The van der Waals surface area contributed by atoms with E-state index in [2.05, 4.69) is 19.2 Å². The highest BCUT2D eigenvalue weighted by Crippen LogP contribution is 2.19. The highest BCUT2D eigenvalue weighted by molar-refractivity contribution is 5.20. The Kier molecular flexibility index (Phi) is 6.88. The van der Waals surface area contributed by atoms with Gasteiger partial charge in [0.15, 0.2) is 0 Å². The van der Waals surface area contributed by atoms with Gasteiger partial charge >= 0.3 is 0 Å². The van der Waals surface area contributed by atoms with Crippen LogP contribution in [0.1, 0.15) is 38.7 Å². The molecule has 0 saturated carbocycles. The van der Waals surface area contributed by atoms with E-state index in [4.69, 9.17) is 0 Å². The van der Waals surface area contributed by atoms with Crippen LogP contribution < -0.4 is 5.32 Å². The molecule has 0 spiro atoms. The number of benzene rings is 1. The van der Waals surface area contributed by atoms with Crippen molar-refractivity contribution in [3.63, 3.8) is 0 Å². The van der Waals surface area contributed by atoms with Crippen LogP contribution in [0.2, 0.25) is 0 Å². The molecule has 0 aromatic heterocycles. The molecule has 3 heteroatoms. The molecule has 1 nitrogen and oxygen atoms in total. The van der Waals surface area contributed by atoms with Gasteiger partial charge in [-0.15, -0.1) is 0 Å². The van der Waals surface area contributed by atoms with Crippen molar-refractivity contribution in [2.24, 2.45) is 5.92 Å². The minimum absolute atomic E-state index is 0.231. The second-order valence-electron chi connectivity index (χ2n) is 4.76. The Morgan fingerprint density at radius 2 is 1.78 bits per heavy atom. The molecule has 1 N–H and O–H groups in total. The molecule has 0 amide bonds. The molecule has 0 aliphatic heterocycles. The Morgan fingerprint density at radius 1 is 1.11 bits per heavy atom. The third kappa shape index (κ3) is 4.73. The van der Waals surface area contributed by atoms with Crippen LogP contribution in [-0.4, -0.2) is 13.1 Å². The average Bonchev–Trinajstić information content (AvgIpc) is 2.34. The molecule has 1 aromatic rings. The Morgan fingerprint density at radius 3 is 2.33 bits per heavy atom. The number of hydrogen-bond acceptors (Lipinski definition) is 1. The third-order valence-corrected chi connectivity index (χ3v) is 3.11. The standard InChI is InChI=1S/C15H23F2N/c1-3-6-12(11-18-9-4-2)10-13-14(16)7-5-8-15(13)17/h5,7-8,12,18H,3-4,6,9-11H2,1-2H3. The van der Waals surface area contributed by atoms with E-state index in [1.165, 1.54) is 18.2 Å². The summed E-state index contributed by atoms with van der Waals surface area (Å²) in [5.74, 6) is -0.550. The minimum Gasteiger partial charge on any atom is -0.316 e. The SMILES string of the molecule is CCCNCC(CCC)Cc1c(F)cccc1F. The first-order valence-electron chi connectivity index (χ1n) is 6.82. The molecule has 0 heterocycles. The number of halogens is 2. The number of rotatable bonds is 8. The van der Waals surface area contributed by atoms with Crippen molar-refractivity contribution in [2.75, 3.05) is 13.1 Å².